The van der Waals surface area contributed by atoms with E-state index in [2.05, 4.69) is 37.6 Å². The van der Waals surface area contributed by atoms with Gasteiger partial charge < -0.3 is 15.4 Å². The highest BCUT2D eigenvalue weighted by Crippen LogP contribution is 2.34. The first-order chi connectivity index (χ1) is 17.0. The number of benzene rings is 1. The third kappa shape index (κ3) is 5.82. The van der Waals surface area contributed by atoms with E-state index in [1.54, 1.807) is 24.3 Å². The third-order valence-electron chi connectivity index (χ3n) is 5.00. The molecule has 4 rings (SSSR count). The molecule has 0 saturated heterocycles. The van der Waals surface area contributed by atoms with Crippen molar-refractivity contribution in [1.82, 2.24) is 15.0 Å². The van der Waals surface area contributed by atoms with Crippen LogP contribution in [0.15, 0.2) is 53.8 Å². The van der Waals surface area contributed by atoms with E-state index >= 15 is 0 Å². The Morgan fingerprint density at radius 2 is 2.00 bits per heavy atom. The maximum absolute atomic E-state index is 13.6. The lowest BCUT2D eigenvalue weighted by atomic mass is 10.2. The number of ether oxygens (including phenoxy) is 1. The largest absolute Gasteiger partial charge is 0.476 e. The molecule has 3 aromatic rings. The van der Waals surface area contributed by atoms with Gasteiger partial charge in [-0.25, -0.2) is 23.4 Å². The molecule has 36 heavy (non-hydrogen) atoms. The first-order valence-corrected chi connectivity index (χ1v) is 12.3. The molecule has 1 aliphatic rings. The smallest absolute Gasteiger partial charge is 0.421 e. The molecule has 0 saturated carbocycles. The molecule has 2 N–H and O–H groups in total. The van der Waals surface area contributed by atoms with Gasteiger partial charge in [0.2, 0.25) is 21.9 Å². The zero-order chi connectivity index (χ0) is 25.9. The molecule has 1 aliphatic heterocycles. The van der Waals surface area contributed by atoms with Gasteiger partial charge >= 0.3 is 6.18 Å². The monoisotopic (exact) mass is 520 g/mol. The highest BCUT2D eigenvalue weighted by atomic mass is 32.2. The summed E-state index contributed by atoms with van der Waals surface area (Å²) in [7, 11) is -0.274. The van der Waals surface area contributed by atoms with Gasteiger partial charge in [0.25, 0.3) is 0 Å². The van der Waals surface area contributed by atoms with Crippen LogP contribution in [0.25, 0.3) is 0 Å². The fourth-order valence-corrected chi connectivity index (χ4v) is 3.76. The maximum Gasteiger partial charge on any atom is 0.421 e. The van der Waals surface area contributed by atoms with Gasteiger partial charge in [-0.15, -0.1) is 0 Å². The fraction of sp³-hybridized carbons (Fsp3) is 0.227. The number of aromatic nitrogens is 3. The lowest BCUT2D eigenvalue weighted by molar-refractivity contribution is -0.137. The molecule has 0 fully saturated rings. The summed E-state index contributed by atoms with van der Waals surface area (Å²) in [5, 5.41) is 5.51. The highest BCUT2D eigenvalue weighted by Gasteiger charge is 2.35. The first kappa shape index (κ1) is 25.2. The van der Waals surface area contributed by atoms with Gasteiger partial charge in [0.05, 0.1) is 19.8 Å². The van der Waals surface area contributed by atoms with E-state index in [-0.39, 0.29) is 18.3 Å². The Kier molecular flexibility index (Phi) is 6.97. The zero-order valence-electron chi connectivity index (χ0n) is 19.0. The van der Waals surface area contributed by atoms with Gasteiger partial charge in [0, 0.05) is 35.8 Å². The molecule has 0 atom stereocenters. The number of nitrogens with one attached hydrogen (secondary N) is 2. The maximum atomic E-state index is 13.6. The first-order valence-electron chi connectivity index (χ1n) is 10.5. The van der Waals surface area contributed by atoms with Gasteiger partial charge in [-0.1, -0.05) is 12.1 Å². The molecule has 10 nitrogen and oxygen atoms in total. The second-order valence-electron chi connectivity index (χ2n) is 7.65. The van der Waals surface area contributed by atoms with Crippen molar-refractivity contribution in [3.8, 4) is 0 Å². The van der Waals surface area contributed by atoms with Crippen LogP contribution in [0, 0.1) is 7.05 Å². The van der Waals surface area contributed by atoms with Crippen LogP contribution in [0.3, 0.4) is 0 Å². The summed E-state index contributed by atoms with van der Waals surface area (Å²) in [6.45, 7) is 0.828. The number of nitrogens with zero attached hydrogens (tertiary/aromatic N) is 5. The SMILES string of the molecule is [CH2]N(c1ncccc1CNc1nc(Nc2cccc(C3=NCCO3)c2)ncc1C(F)(F)F)S(C)(=O)=O. The summed E-state index contributed by atoms with van der Waals surface area (Å²) >= 11 is 0. The van der Waals surface area contributed by atoms with E-state index in [9.17, 15) is 21.6 Å². The normalized spacial score (nSPS) is 13.6. The lowest BCUT2D eigenvalue weighted by Gasteiger charge is -2.19. The molecule has 189 valence electrons. The van der Waals surface area contributed by atoms with Crippen LogP contribution in [-0.4, -0.2) is 48.7 Å². The molecular formula is C22H21F3N7O3S. The molecule has 0 amide bonds. The molecule has 1 aromatic carbocycles. The van der Waals surface area contributed by atoms with Crippen molar-refractivity contribution in [1.29, 1.82) is 0 Å². The summed E-state index contributed by atoms with van der Waals surface area (Å²) in [5.41, 5.74) is 0.432. The predicted molar refractivity (Wildman–Crippen MR) is 128 cm³/mol. The van der Waals surface area contributed by atoms with Crippen LogP contribution in [0.5, 0.6) is 0 Å². The van der Waals surface area contributed by atoms with E-state index in [4.69, 9.17) is 4.74 Å². The van der Waals surface area contributed by atoms with Crippen LogP contribution >= 0.6 is 0 Å². The van der Waals surface area contributed by atoms with Crippen molar-refractivity contribution in [3.05, 3.63) is 72.5 Å². The van der Waals surface area contributed by atoms with Crippen molar-refractivity contribution in [2.24, 2.45) is 4.99 Å². The van der Waals surface area contributed by atoms with E-state index in [1.807, 2.05) is 0 Å². The molecule has 0 unspecified atom stereocenters. The number of rotatable bonds is 8. The third-order valence-corrected chi connectivity index (χ3v) is 5.97. The van der Waals surface area contributed by atoms with Crippen LogP contribution in [0.4, 0.5) is 36.4 Å². The van der Waals surface area contributed by atoms with E-state index in [1.165, 1.54) is 18.3 Å². The van der Waals surface area contributed by atoms with E-state index in [0.717, 1.165) is 6.26 Å². The summed E-state index contributed by atoms with van der Waals surface area (Å²) in [5.74, 6) is -0.125. The quantitative estimate of drug-likeness (QED) is 0.462. The number of sulfonamides is 1. The predicted octanol–water partition coefficient (Wildman–Crippen LogP) is 3.58. The molecule has 2 aromatic heterocycles. The van der Waals surface area contributed by atoms with Crippen LogP contribution in [0.1, 0.15) is 16.7 Å². The minimum Gasteiger partial charge on any atom is -0.476 e. The molecular weight excluding hydrogens is 499 g/mol. The fourth-order valence-electron chi connectivity index (χ4n) is 3.28. The van der Waals surface area contributed by atoms with E-state index in [0.29, 0.717) is 46.4 Å². The van der Waals surface area contributed by atoms with E-state index < -0.39 is 27.6 Å². The Bertz CT molecular complexity index is 1400. The number of anilines is 4. The molecule has 0 aliphatic carbocycles. The average molecular weight is 521 g/mol. The summed E-state index contributed by atoms with van der Waals surface area (Å²) < 4.78 is 70.8. The minimum atomic E-state index is -4.73. The standard InChI is InChI=1S/C22H21F3N7O3S/c1-32(36(2,33)34)19-15(6-4-8-26-19)12-28-18-17(22(23,24)25)13-29-21(31-18)30-16-7-3-5-14(11-16)20-27-9-10-35-20/h3-8,11,13H,1,9-10,12H2,2H3,(H2,28,29,30,31). The minimum absolute atomic E-state index is 0.0256. The van der Waals surface area contributed by atoms with Crippen molar-refractivity contribution >= 4 is 39.2 Å². The van der Waals surface area contributed by atoms with Gasteiger partial charge in [-0.3, -0.25) is 4.31 Å². The summed E-state index contributed by atoms with van der Waals surface area (Å²) in [4.78, 5) is 16.1. The van der Waals surface area contributed by atoms with Gasteiger partial charge in [-0.05, 0) is 24.3 Å². The lowest BCUT2D eigenvalue weighted by Crippen LogP contribution is -2.25. The number of hydrogen-bond acceptors (Lipinski definition) is 9. The Morgan fingerprint density at radius 1 is 1.19 bits per heavy atom. The molecule has 14 heteroatoms. The van der Waals surface area contributed by atoms with Crippen molar-refractivity contribution in [3.63, 3.8) is 0 Å². The molecule has 0 bridgehead atoms. The van der Waals surface area contributed by atoms with Crippen LogP contribution < -0.4 is 14.9 Å². The average Bonchev–Trinajstić information content (AvgIpc) is 3.37. The van der Waals surface area contributed by atoms with Crippen molar-refractivity contribution < 1.29 is 26.3 Å². The molecule has 1 radical (unpaired) electrons. The number of pyridine rings is 1. The topological polar surface area (TPSA) is 122 Å². The van der Waals surface area contributed by atoms with Gasteiger partial charge in [0.15, 0.2) is 0 Å². The zero-order valence-corrected chi connectivity index (χ0v) is 19.8. The second-order valence-corrected chi connectivity index (χ2v) is 9.55. The van der Waals surface area contributed by atoms with Gasteiger partial charge in [-0.2, -0.15) is 18.2 Å². The molecule has 0 spiro atoms. The Balaban J connectivity index is 1.60. The second kappa shape index (κ2) is 9.97. The Labute approximate surface area is 205 Å². The highest BCUT2D eigenvalue weighted by molar-refractivity contribution is 7.92. The number of alkyl halides is 3. The Morgan fingerprint density at radius 3 is 2.69 bits per heavy atom. The number of aliphatic imine (C=N–C) groups is 1. The van der Waals surface area contributed by atoms with Crippen molar-refractivity contribution in [2.75, 3.05) is 34.3 Å². The summed E-state index contributed by atoms with van der Waals surface area (Å²) in [6, 6.07) is 9.99. The van der Waals surface area contributed by atoms with Crippen molar-refractivity contribution in [2.45, 2.75) is 12.7 Å². The number of hydrogen-bond donors (Lipinski definition) is 2. The van der Waals surface area contributed by atoms with Crippen LogP contribution in [0.2, 0.25) is 0 Å². The molecule has 3 heterocycles. The Hall–Kier alpha value is -3.94. The van der Waals surface area contributed by atoms with Crippen LogP contribution in [-0.2, 0) is 27.5 Å². The summed E-state index contributed by atoms with van der Waals surface area (Å²) in [6.07, 6.45) is -1.77. The number of halogens is 3. The van der Waals surface area contributed by atoms with Gasteiger partial charge in [0.1, 0.15) is 23.8 Å².